The summed E-state index contributed by atoms with van der Waals surface area (Å²) >= 11 is 0. The summed E-state index contributed by atoms with van der Waals surface area (Å²) in [5.74, 6) is 1.50. The topological polar surface area (TPSA) is 72.1 Å². The minimum atomic E-state index is -0.204. The number of ether oxygens (including phenoxy) is 3. The zero-order valence-corrected chi connectivity index (χ0v) is 13.2. The van der Waals surface area contributed by atoms with Crippen molar-refractivity contribution in [2.45, 2.75) is 6.04 Å². The highest BCUT2D eigenvalue weighted by atomic mass is 16.7. The Morgan fingerprint density at radius 3 is 2.82 bits per heavy atom. The molecular formula is C15H23N3O4. The smallest absolute Gasteiger partial charge is 0.314 e. The van der Waals surface area contributed by atoms with Gasteiger partial charge in [0.25, 0.3) is 0 Å². The Labute approximate surface area is 130 Å². The van der Waals surface area contributed by atoms with Gasteiger partial charge in [0.05, 0.1) is 12.6 Å². The number of methoxy groups -OCH3 is 1. The third-order valence-corrected chi connectivity index (χ3v) is 3.45. The largest absolute Gasteiger partial charge is 0.454 e. The van der Waals surface area contributed by atoms with Crippen LogP contribution in [-0.2, 0) is 4.74 Å². The van der Waals surface area contributed by atoms with E-state index in [2.05, 4.69) is 10.6 Å². The van der Waals surface area contributed by atoms with E-state index in [4.69, 9.17) is 14.2 Å². The standard InChI is InChI=1S/C15H23N3O4/c1-18(2)12(9-17-15(19)16-6-7-20-3)11-4-5-13-14(8-11)22-10-21-13/h4-5,8,12H,6-7,9-10H2,1-3H3,(H2,16,17,19). The first-order valence-corrected chi connectivity index (χ1v) is 7.18. The van der Waals surface area contributed by atoms with Crippen molar-refractivity contribution in [2.75, 3.05) is 47.7 Å². The van der Waals surface area contributed by atoms with Crippen LogP contribution < -0.4 is 20.1 Å². The zero-order chi connectivity index (χ0) is 15.9. The summed E-state index contributed by atoms with van der Waals surface area (Å²) in [6.07, 6.45) is 0. The molecule has 0 radical (unpaired) electrons. The molecule has 122 valence electrons. The lowest BCUT2D eigenvalue weighted by molar-refractivity contribution is 0.174. The van der Waals surface area contributed by atoms with Crippen LogP contribution in [-0.4, -0.2) is 58.6 Å². The maximum absolute atomic E-state index is 11.7. The lowest BCUT2D eigenvalue weighted by Crippen LogP contribution is -2.41. The van der Waals surface area contributed by atoms with Gasteiger partial charge in [-0.15, -0.1) is 0 Å². The fraction of sp³-hybridized carbons (Fsp3) is 0.533. The summed E-state index contributed by atoms with van der Waals surface area (Å²) in [6, 6.07) is 5.68. The van der Waals surface area contributed by atoms with Gasteiger partial charge in [-0.1, -0.05) is 6.07 Å². The van der Waals surface area contributed by atoms with Gasteiger partial charge < -0.3 is 29.7 Å². The maximum Gasteiger partial charge on any atom is 0.314 e. The van der Waals surface area contributed by atoms with E-state index in [9.17, 15) is 4.79 Å². The van der Waals surface area contributed by atoms with Crippen LogP contribution in [0.1, 0.15) is 11.6 Å². The molecule has 1 aliphatic rings. The van der Waals surface area contributed by atoms with Gasteiger partial charge in [0.15, 0.2) is 11.5 Å². The first kappa shape index (κ1) is 16.4. The van der Waals surface area contributed by atoms with Gasteiger partial charge in [0.1, 0.15) is 0 Å². The van der Waals surface area contributed by atoms with Crippen molar-refractivity contribution in [1.29, 1.82) is 0 Å². The van der Waals surface area contributed by atoms with Crippen LogP contribution >= 0.6 is 0 Å². The molecule has 0 spiro atoms. The van der Waals surface area contributed by atoms with Gasteiger partial charge in [-0.05, 0) is 31.8 Å². The second kappa shape index (κ2) is 7.86. The third-order valence-electron chi connectivity index (χ3n) is 3.45. The molecule has 1 heterocycles. The van der Waals surface area contributed by atoms with Gasteiger partial charge in [-0.3, -0.25) is 0 Å². The number of urea groups is 1. The van der Waals surface area contributed by atoms with Gasteiger partial charge in [0, 0.05) is 20.2 Å². The van der Waals surface area contributed by atoms with Gasteiger partial charge in [-0.2, -0.15) is 0 Å². The fourth-order valence-electron chi connectivity index (χ4n) is 2.24. The number of nitrogens with zero attached hydrogens (tertiary/aromatic N) is 1. The first-order chi connectivity index (χ1) is 10.6. The SMILES string of the molecule is COCCNC(=O)NCC(c1ccc2c(c1)OCO2)N(C)C. The molecule has 2 N–H and O–H groups in total. The summed E-state index contributed by atoms with van der Waals surface area (Å²) in [5, 5.41) is 5.60. The summed E-state index contributed by atoms with van der Waals surface area (Å²) in [4.78, 5) is 13.8. The van der Waals surface area contributed by atoms with Crippen LogP contribution in [0.15, 0.2) is 18.2 Å². The second-order valence-corrected chi connectivity index (χ2v) is 5.22. The number of benzene rings is 1. The third kappa shape index (κ3) is 4.25. The molecule has 0 saturated heterocycles. The molecule has 7 heteroatoms. The van der Waals surface area contributed by atoms with Gasteiger partial charge in [0.2, 0.25) is 6.79 Å². The highest BCUT2D eigenvalue weighted by Crippen LogP contribution is 2.34. The first-order valence-electron chi connectivity index (χ1n) is 7.18. The van der Waals surface area contributed by atoms with E-state index in [-0.39, 0.29) is 18.9 Å². The molecule has 2 rings (SSSR count). The predicted molar refractivity (Wildman–Crippen MR) is 82.3 cm³/mol. The highest BCUT2D eigenvalue weighted by Gasteiger charge is 2.20. The normalized spacial score (nSPS) is 14.0. The number of hydrogen-bond acceptors (Lipinski definition) is 5. The monoisotopic (exact) mass is 309 g/mol. The molecule has 0 fully saturated rings. The van der Waals surface area contributed by atoms with E-state index >= 15 is 0 Å². The minimum absolute atomic E-state index is 0.0441. The molecule has 0 bridgehead atoms. The lowest BCUT2D eigenvalue weighted by Gasteiger charge is -2.25. The van der Waals surface area contributed by atoms with Crippen molar-refractivity contribution >= 4 is 6.03 Å². The average Bonchev–Trinajstić information content (AvgIpc) is 2.95. The number of nitrogens with one attached hydrogen (secondary N) is 2. The van der Waals surface area contributed by atoms with Crippen LogP contribution in [0.2, 0.25) is 0 Å². The van der Waals surface area contributed by atoms with Crippen molar-refractivity contribution in [3.8, 4) is 11.5 Å². The number of amides is 2. The van der Waals surface area contributed by atoms with E-state index in [0.717, 1.165) is 17.1 Å². The van der Waals surface area contributed by atoms with Crippen molar-refractivity contribution in [2.24, 2.45) is 0 Å². The van der Waals surface area contributed by atoms with Gasteiger partial charge >= 0.3 is 6.03 Å². The molecule has 22 heavy (non-hydrogen) atoms. The van der Waals surface area contributed by atoms with E-state index in [1.165, 1.54) is 0 Å². The van der Waals surface area contributed by atoms with Gasteiger partial charge in [-0.25, -0.2) is 4.79 Å². The zero-order valence-electron chi connectivity index (χ0n) is 13.2. The van der Waals surface area contributed by atoms with Crippen molar-refractivity contribution in [3.63, 3.8) is 0 Å². The Morgan fingerprint density at radius 2 is 2.09 bits per heavy atom. The molecule has 0 saturated carbocycles. The maximum atomic E-state index is 11.7. The number of likely N-dealkylation sites (N-methyl/N-ethyl adjacent to an activating group) is 1. The molecule has 7 nitrogen and oxygen atoms in total. The number of carbonyl (C=O) groups is 1. The van der Waals surface area contributed by atoms with Crippen LogP contribution in [0.3, 0.4) is 0 Å². The van der Waals surface area contributed by atoms with Crippen LogP contribution in [0.25, 0.3) is 0 Å². The van der Waals surface area contributed by atoms with Crippen molar-refractivity contribution in [1.82, 2.24) is 15.5 Å². The minimum Gasteiger partial charge on any atom is -0.454 e. The van der Waals surface area contributed by atoms with E-state index < -0.39 is 0 Å². The van der Waals surface area contributed by atoms with Crippen molar-refractivity contribution < 1.29 is 19.0 Å². The number of carbonyl (C=O) groups excluding carboxylic acids is 1. The van der Waals surface area contributed by atoms with Crippen LogP contribution in [0.5, 0.6) is 11.5 Å². The van der Waals surface area contributed by atoms with Crippen LogP contribution in [0.4, 0.5) is 4.79 Å². The predicted octanol–water partition coefficient (Wildman–Crippen LogP) is 0.964. The molecule has 0 aliphatic carbocycles. The molecule has 1 aromatic carbocycles. The summed E-state index contributed by atoms with van der Waals surface area (Å²) in [6.45, 7) is 1.72. The molecule has 1 aromatic rings. The molecule has 1 atom stereocenters. The summed E-state index contributed by atoms with van der Waals surface area (Å²) in [7, 11) is 5.54. The Hall–Kier alpha value is -1.99. The lowest BCUT2D eigenvalue weighted by atomic mass is 10.1. The molecule has 1 aliphatic heterocycles. The van der Waals surface area contributed by atoms with E-state index in [1.54, 1.807) is 7.11 Å². The average molecular weight is 309 g/mol. The highest BCUT2D eigenvalue weighted by molar-refractivity contribution is 5.73. The molecule has 2 amide bonds. The summed E-state index contributed by atoms with van der Waals surface area (Å²) < 4.78 is 15.6. The summed E-state index contributed by atoms with van der Waals surface area (Å²) in [5.41, 5.74) is 1.06. The molecule has 0 aromatic heterocycles. The Balaban J connectivity index is 1.94. The molecular weight excluding hydrogens is 286 g/mol. The van der Waals surface area contributed by atoms with Crippen molar-refractivity contribution in [3.05, 3.63) is 23.8 Å². The number of rotatable bonds is 7. The Bertz CT molecular complexity index is 508. The quantitative estimate of drug-likeness (QED) is 0.734. The fourth-order valence-corrected chi connectivity index (χ4v) is 2.24. The van der Waals surface area contributed by atoms with E-state index in [0.29, 0.717) is 19.7 Å². The number of fused-ring (bicyclic) bond motifs is 1. The Morgan fingerprint density at radius 1 is 1.32 bits per heavy atom. The number of hydrogen-bond donors (Lipinski definition) is 2. The Kier molecular flexibility index (Phi) is 5.85. The van der Waals surface area contributed by atoms with Crippen LogP contribution in [0, 0.1) is 0 Å². The molecule has 1 unspecified atom stereocenters. The van der Waals surface area contributed by atoms with E-state index in [1.807, 2.05) is 37.2 Å². The second-order valence-electron chi connectivity index (χ2n) is 5.22.